The van der Waals surface area contributed by atoms with E-state index in [2.05, 4.69) is 0 Å². The lowest BCUT2D eigenvalue weighted by atomic mass is 9.73. The van der Waals surface area contributed by atoms with E-state index in [1.54, 1.807) is 11.0 Å². The summed E-state index contributed by atoms with van der Waals surface area (Å²) in [4.78, 5) is 28.9. The van der Waals surface area contributed by atoms with Crippen LogP contribution in [0.25, 0.3) is 11.1 Å². The summed E-state index contributed by atoms with van der Waals surface area (Å²) in [5.41, 5.74) is 3.47. The third-order valence-electron chi connectivity index (χ3n) is 6.51. The number of fused-ring (bicyclic) bond motifs is 1. The monoisotopic (exact) mass is 430 g/mol. The van der Waals surface area contributed by atoms with Gasteiger partial charge in [0.15, 0.2) is 0 Å². The van der Waals surface area contributed by atoms with E-state index in [1.165, 1.54) is 23.1 Å². The second-order valence-electron chi connectivity index (χ2n) is 8.33. The molecule has 0 radical (unpaired) electrons. The van der Waals surface area contributed by atoms with Crippen molar-refractivity contribution in [2.75, 3.05) is 19.7 Å². The second-order valence-corrected chi connectivity index (χ2v) is 8.33. The highest BCUT2D eigenvalue weighted by molar-refractivity contribution is 5.97. The van der Waals surface area contributed by atoms with Crippen molar-refractivity contribution in [3.63, 3.8) is 0 Å². The molecule has 3 aromatic rings. The van der Waals surface area contributed by atoms with Crippen molar-refractivity contribution in [3.8, 4) is 11.1 Å². The molecule has 0 unspecified atom stereocenters. The Hall–Kier alpha value is -3.51. The van der Waals surface area contributed by atoms with E-state index in [9.17, 15) is 19.1 Å². The molecular weight excluding hydrogens is 407 g/mol. The number of aliphatic hydroxyl groups is 1. The normalized spacial score (nSPS) is 22.3. The van der Waals surface area contributed by atoms with Crippen molar-refractivity contribution in [3.05, 3.63) is 95.8 Å². The molecule has 1 N–H and O–H groups in total. The van der Waals surface area contributed by atoms with E-state index in [4.69, 9.17) is 0 Å². The molecule has 2 saturated heterocycles. The van der Waals surface area contributed by atoms with E-state index < -0.39 is 5.82 Å². The van der Waals surface area contributed by atoms with Gasteiger partial charge in [0.2, 0.25) is 5.91 Å². The minimum atomic E-state index is -0.485. The summed E-state index contributed by atoms with van der Waals surface area (Å²) in [5, 5.41) is 9.97. The molecule has 5 nitrogen and oxygen atoms in total. The standard InChI is InChI=1S/C26H23FN2O3/c27-21-8-4-7-20(13-21)26(32)28-14-22-25(23(16-30)29(22)24(31)15-28)19-11-9-18(10-12-19)17-5-2-1-3-6-17/h1-13,22-23,25,30H,14-16H2/t22-,23-,25+/m1/s1. The maximum absolute atomic E-state index is 13.6. The SMILES string of the molecule is O=C(c1cccc(F)c1)N1CC(=O)N2[C@H](CO)[C@@H](c3ccc(-c4ccccc4)cc3)[C@H]2C1. The number of benzene rings is 3. The Morgan fingerprint density at radius 1 is 0.969 bits per heavy atom. The molecule has 3 atom stereocenters. The third kappa shape index (κ3) is 3.46. The molecule has 0 spiro atoms. The quantitative estimate of drug-likeness (QED) is 0.691. The summed E-state index contributed by atoms with van der Waals surface area (Å²) in [7, 11) is 0. The van der Waals surface area contributed by atoms with E-state index in [0.29, 0.717) is 6.54 Å². The number of hydrogen-bond donors (Lipinski definition) is 1. The molecule has 5 rings (SSSR count). The van der Waals surface area contributed by atoms with Crippen molar-refractivity contribution >= 4 is 11.8 Å². The molecule has 0 aliphatic carbocycles. The van der Waals surface area contributed by atoms with Crippen molar-refractivity contribution < 1.29 is 19.1 Å². The van der Waals surface area contributed by atoms with Gasteiger partial charge in [0.1, 0.15) is 12.4 Å². The first-order chi connectivity index (χ1) is 15.6. The van der Waals surface area contributed by atoms with Gasteiger partial charge in [0.25, 0.3) is 5.91 Å². The number of rotatable bonds is 4. The highest BCUT2D eigenvalue weighted by Gasteiger charge is 2.54. The van der Waals surface area contributed by atoms with E-state index in [-0.39, 0.29) is 48.5 Å². The number of carbonyl (C=O) groups excluding carboxylic acids is 2. The Balaban J connectivity index is 1.39. The average Bonchev–Trinajstić information content (AvgIpc) is 2.81. The van der Waals surface area contributed by atoms with E-state index >= 15 is 0 Å². The zero-order valence-electron chi connectivity index (χ0n) is 17.4. The maximum atomic E-state index is 13.6. The lowest BCUT2D eigenvalue weighted by Crippen LogP contribution is -2.73. The number of aliphatic hydroxyl groups excluding tert-OH is 1. The summed E-state index contributed by atoms with van der Waals surface area (Å²) in [6, 6.07) is 23.2. The molecule has 2 aliphatic rings. The fourth-order valence-electron chi connectivity index (χ4n) is 4.99. The molecule has 2 aliphatic heterocycles. The fourth-order valence-corrected chi connectivity index (χ4v) is 4.99. The smallest absolute Gasteiger partial charge is 0.254 e. The Morgan fingerprint density at radius 3 is 2.38 bits per heavy atom. The number of amides is 2. The van der Waals surface area contributed by atoms with Gasteiger partial charge in [0, 0.05) is 18.0 Å². The molecule has 32 heavy (non-hydrogen) atoms. The van der Waals surface area contributed by atoms with Crippen LogP contribution in [-0.2, 0) is 4.79 Å². The summed E-state index contributed by atoms with van der Waals surface area (Å²) in [6.45, 7) is 0.149. The molecule has 0 saturated carbocycles. The first kappa shape index (κ1) is 20.4. The van der Waals surface area contributed by atoms with Crippen LogP contribution in [0.5, 0.6) is 0 Å². The first-order valence-corrected chi connectivity index (χ1v) is 10.7. The predicted octanol–water partition coefficient (Wildman–Crippen LogP) is 3.30. The van der Waals surface area contributed by atoms with Gasteiger partial charge in [-0.1, -0.05) is 60.7 Å². The molecular formula is C26H23FN2O3. The van der Waals surface area contributed by atoms with Crippen molar-refractivity contribution in [1.29, 1.82) is 0 Å². The molecule has 0 aromatic heterocycles. The molecule has 2 amide bonds. The summed E-state index contributed by atoms with van der Waals surface area (Å²) in [5.74, 6) is -1.11. The Morgan fingerprint density at radius 2 is 1.69 bits per heavy atom. The van der Waals surface area contributed by atoms with Gasteiger partial charge in [-0.15, -0.1) is 0 Å². The lowest BCUT2D eigenvalue weighted by Gasteiger charge is -2.58. The molecule has 162 valence electrons. The minimum absolute atomic E-state index is 0.0674. The van der Waals surface area contributed by atoms with Crippen LogP contribution in [0, 0.1) is 5.82 Å². The first-order valence-electron chi connectivity index (χ1n) is 10.7. The summed E-state index contributed by atoms with van der Waals surface area (Å²) in [6.07, 6.45) is 0. The predicted molar refractivity (Wildman–Crippen MR) is 118 cm³/mol. The zero-order valence-corrected chi connectivity index (χ0v) is 17.4. The Bertz CT molecular complexity index is 1150. The van der Waals surface area contributed by atoms with Crippen LogP contribution in [0.3, 0.4) is 0 Å². The van der Waals surface area contributed by atoms with Crippen molar-refractivity contribution in [2.45, 2.75) is 18.0 Å². The van der Waals surface area contributed by atoms with Crippen LogP contribution >= 0.6 is 0 Å². The van der Waals surface area contributed by atoms with Crippen LogP contribution in [0.2, 0.25) is 0 Å². The summed E-state index contributed by atoms with van der Waals surface area (Å²) >= 11 is 0. The largest absolute Gasteiger partial charge is 0.394 e. The van der Waals surface area contributed by atoms with Gasteiger partial charge in [-0.2, -0.15) is 0 Å². The molecule has 0 bridgehead atoms. The van der Waals surface area contributed by atoms with Crippen molar-refractivity contribution in [1.82, 2.24) is 9.80 Å². The van der Waals surface area contributed by atoms with Crippen LogP contribution in [0.1, 0.15) is 21.8 Å². The number of carbonyl (C=O) groups is 2. The zero-order chi connectivity index (χ0) is 22.2. The fraction of sp³-hybridized carbons (Fsp3) is 0.231. The van der Waals surface area contributed by atoms with Gasteiger partial charge in [-0.3, -0.25) is 9.59 Å². The van der Waals surface area contributed by atoms with Gasteiger partial charge in [-0.05, 0) is 34.9 Å². The maximum Gasteiger partial charge on any atom is 0.254 e. The van der Waals surface area contributed by atoms with Crippen LogP contribution < -0.4 is 0 Å². The number of hydrogen-bond acceptors (Lipinski definition) is 3. The lowest BCUT2D eigenvalue weighted by molar-refractivity contribution is -0.159. The number of halogens is 1. The van der Waals surface area contributed by atoms with Crippen LogP contribution in [-0.4, -0.2) is 58.5 Å². The Labute approximate surface area is 185 Å². The van der Waals surface area contributed by atoms with E-state index in [1.807, 2.05) is 54.6 Å². The number of piperazine rings is 1. The summed E-state index contributed by atoms with van der Waals surface area (Å²) < 4.78 is 13.6. The Kier molecular flexibility index (Phi) is 5.23. The molecule has 2 fully saturated rings. The van der Waals surface area contributed by atoms with Gasteiger partial charge in [0.05, 0.1) is 18.7 Å². The topological polar surface area (TPSA) is 60.9 Å². The van der Waals surface area contributed by atoms with Crippen LogP contribution in [0.15, 0.2) is 78.9 Å². The minimum Gasteiger partial charge on any atom is -0.394 e. The van der Waals surface area contributed by atoms with Gasteiger partial charge >= 0.3 is 0 Å². The molecule has 6 heteroatoms. The molecule has 3 aromatic carbocycles. The highest BCUT2D eigenvalue weighted by Crippen LogP contribution is 2.43. The molecule has 2 heterocycles. The van der Waals surface area contributed by atoms with E-state index in [0.717, 1.165) is 16.7 Å². The van der Waals surface area contributed by atoms with Crippen LogP contribution in [0.4, 0.5) is 4.39 Å². The second kappa shape index (κ2) is 8.20. The van der Waals surface area contributed by atoms with Gasteiger partial charge in [-0.25, -0.2) is 4.39 Å². The van der Waals surface area contributed by atoms with Gasteiger partial charge < -0.3 is 14.9 Å². The third-order valence-corrected chi connectivity index (χ3v) is 6.51. The highest BCUT2D eigenvalue weighted by atomic mass is 19.1. The number of nitrogens with zero attached hydrogens (tertiary/aromatic N) is 2. The van der Waals surface area contributed by atoms with Crippen molar-refractivity contribution in [2.24, 2.45) is 0 Å². The average molecular weight is 430 g/mol.